The number of carbonyl (C=O) groups is 1. The lowest BCUT2D eigenvalue weighted by molar-refractivity contribution is -0.136. The van der Waals surface area contributed by atoms with Crippen LogP contribution in [-0.2, 0) is 18.3 Å². The Morgan fingerprint density at radius 3 is 2.94 bits per heavy atom. The summed E-state index contributed by atoms with van der Waals surface area (Å²) in [6.07, 6.45) is 2.96. The molecule has 0 fully saturated rings. The maximum atomic E-state index is 12.0. The highest BCUT2D eigenvalue weighted by molar-refractivity contribution is 5.67. The van der Waals surface area contributed by atoms with Gasteiger partial charge in [-0.05, 0) is 6.42 Å². The molecule has 2 aromatic heterocycles. The van der Waals surface area contributed by atoms with E-state index in [0.717, 1.165) is 0 Å². The van der Waals surface area contributed by atoms with Gasteiger partial charge in [0, 0.05) is 25.2 Å². The van der Waals surface area contributed by atoms with Crippen LogP contribution in [0.4, 0.5) is 5.82 Å². The van der Waals surface area contributed by atoms with E-state index in [1.807, 2.05) is 0 Å². The molecule has 0 aromatic carbocycles. The van der Waals surface area contributed by atoms with E-state index in [4.69, 9.17) is 10.8 Å². The summed E-state index contributed by atoms with van der Waals surface area (Å²) in [6.45, 7) is 0. The van der Waals surface area contributed by atoms with Crippen molar-refractivity contribution in [3.05, 3.63) is 28.3 Å². The smallest absolute Gasteiger partial charge is 0.303 e. The fraction of sp³-hybridized carbons (Fsp3) is 0.300. The van der Waals surface area contributed by atoms with Gasteiger partial charge in [0.25, 0.3) is 5.56 Å². The number of hydrogen-bond acceptors (Lipinski definition) is 4. The van der Waals surface area contributed by atoms with Crippen molar-refractivity contribution in [1.82, 2.24) is 14.0 Å². The first-order valence-electron chi connectivity index (χ1n) is 5.04. The number of anilines is 1. The molecule has 17 heavy (non-hydrogen) atoms. The maximum Gasteiger partial charge on any atom is 0.303 e. The molecule has 0 aliphatic carbocycles. The molecule has 0 unspecified atom stereocenters. The molecule has 0 radical (unpaired) electrons. The van der Waals surface area contributed by atoms with E-state index in [1.165, 1.54) is 16.8 Å². The number of imidazole rings is 1. The second kappa shape index (κ2) is 3.93. The van der Waals surface area contributed by atoms with Gasteiger partial charge in [0.15, 0.2) is 0 Å². The van der Waals surface area contributed by atoms with Gasteiger partial charge in [-0.1, -0.05) is 0 Å². The zero-order chi connectivity index (χ0) is 12.6. The Morgan fingerprint density at radius 1 is 1.59 bits per heavy atom. The van der Waals surface area contributed by atoms with Gasteiger partial charge in [-0.3, -0.25) is 14.2 Å². The summed E-state index contributed by atoms with van der Waals surface area (Å²) < 4.78 is 2.91. The second-order valence-corrected chi connectivity index (χ2v) is 3.77. The molecule has 0 saturated carbocycles. The number of fused-ring (bicyclic) bond motifs is 1. The van der Waals surface area contributed by atoms with Crippen LogP contribution in [0, 0.1) is 0 Å². The number of rotatable bonds is 3. The normalized spacial score (nSPS) is 10.9. The number of aromatic nitrogens is 3. The third-order valence-corrected chi connectivity index (χ3v) is 2.60. The number of nitrogens with zero attached hydrogens (tertiary/aromatic N) is 3. The monoisotopic (exact) mass is 236 g/mol. The van der Waals surface area contributed by atoms with Crippen molar-refractivity contribution in [2.75, 3.05) is 5.73 Å². The molecular formula is C10H12N4O3. The average molecular weight is 236 g/mol. The highest BCUT2D eigenvalue weighted by Gasteiger charge is 2.10. The molecule has 0 atom stereocenters. The molecule has 0 spiro atoms. The minimum atomic E-state index is -0.943. The Bertz CT molecular complexity index is 641. The van der Waals surface area contributed by atoms with Crippen molar-refractivity contribution in [3.63, 3.8) is 0 Å². The Kier molecular flexibility index (Phi) is 2.58. The lowest BCUT2D eigenvalue weighted by Gasteiger charge is -2.00. The summed E-state index contributed by atoms with van der Waals surface area (Å²) in [5.74, 6) is -0.0846. The number of aryl methyl sites for hydroxylation is 2. The molecule has 2 rings (SSSR count). The summed E-state index contributed by atoms with van der Waals surface area (Å²) >= 11 is 0. The molecule has 3 N–H and O–H groups in total. The third-order valence-electron chi connectivity index (χ3n) is 2.60. The molecule has 90 valence electrons. The molecule has 0 saturated heterocycles. The summed E-state index contributed by atoms with van der Waals surface area (Å²) in [6, 6.07) is 0. The zero-order valence-corrected chi connectivity index (χ0v) is 9.25. The topological polar surface area (TPSA) is 103 Å². The number of aliphatic carboxylic acids is 1. The minimum Gasteiger partial charge on any atom is -0.481 e. The minimum absolute atomic E-state index is 0.0920. The number of carboxylic acids is 1. The van der Waals surface area contributed by atoms with E-state index in [0.29, 0.717) is 17.2 Å². The van der Waals surface area contributed by atoms with E-state index >= 15 is 0 Å². The fourth-order valence-corrected chi connectivity index (χ4v) is 1.61. The predicted octanol–water partition coefficient (Wildman–Crippen LogP) is -0.368. The lowest BCUT2D eigenvalue weighted by Crippen LogP contribution is -2.19. The third kappa shape index (κ3) is 1.86. The highest BCUT2D eigenvalue weighted by atomic mass is 16.4. The van der Waals surface area contributed by atoms with E-state index in [1.54, 1.807) is 11.6 Å². The van der Waals surface area contributed by atoms with Gasteiger partial charge >= 0.3 is 5.97 Å². The molecule has 2 aromatic rings. The van der Waals surface area contributed by atoms with E-state index in [-0.39, 0.29) is 18.4 Å². The van der Waals surface area contributed by atoms with Gasteiger partial charge < -0.3 is 10.8 Å². The van der Waals surface area contributed by atoms with Crippen LogP contribution in [0.1, 0.15) is 12.0 Å². The van der Waals surface area contributed by atoms with Crippen molar-refractivity contribution in [2.45, 2.75) is 12.8 Å². The summed E-state index contributed by atoms with van der Waals surface area (Å²) in [7, 11) is 1.70. The Balaban J connectivity index is 2.51. The molecule has 7 heteroatoms. The van der Waals surface area contributed by atoms with Crippen molar-refractivity contribution < 1.29 is 9.90 Å². The van der Waals surface area contributed by atoms with Crippen LogP contribution in [-0.4, -0.2) is 25.0 Å². The SMILES string of the molecule is Cn1c(N)cn2c(=O)c(CCC(=O)O)cnc12. The fourth-order valence-electron chi connectivity index (χ4n) is 1.61. The van der Waals surface area contributed by atoms with E-state index < -0.39 is 5.97 Å². The van der Waals surface area contributed by atoms with Crippen LogP contribution >= 0.6 is 0 Å². The van der Waals surface area contributed by atoms with Crippen LogP contribution in [0.15, 0.2) is 17.2 Å². The first kappa shape index (κ1) is 11.2. The molecule has 7 nitrogen and oxygen atoms in total. The number of carboxylic acid groups (broad SMARTS) is 1. The van der Waals surface area contributed by atoms with E-state index in [2.05, 4.69) is 4.98 Å². The number of nitrogens with two attached hydrogens (primary N) is 1. The molecule has 0 bridgehead atoms. The van der Waals surface area contributed by atoms with Crippen LogP contribution in [0.5, 0.6) is 0 Å². The van der Waals surface area contributed by atoms with Gasteiger partial charge in [0.1, 0.15) is 5.82 Å². The van der Waals surface area contributed by atoms with Crippen LogP contribution in [0.25, 0.3) is 5.78 Å². The lowest BCUT2D eigenvalue weighted by atomic mass is 10.2. The van der Waals surface area contributed by atoms with Gasteiger partial charge in [-0.25, -0.2) is 9.38 Å². The van der Waals surface area contributed by atoms with Crippen molar-refractivity contribution in [1.29, 1.82) is 0 Å². The second-order valence-electron chi connectivity index (χ2n) is 3.77. The Morgan fingerprint density at radius 2 is 2.29 bits per heavy atom. The molecule has 0 aliphatic rings. The summed E-state index contributed by atoms with van der Waals surface area (Å²) in [5.41, 5.74) is 5.76. The average Bonchev–Trinajstić information content (AvgIpc) is 2.56. The maximum absolute atomic E-state index is 12.0. The largest absolute Gasteiger partial charge is 0.481 e. The summed E-state index contributed by atoms with van der Waals surface area (Å²) in [5, 5.41) is 8.57. The van der Waals surface area contributed by atoms with Crippen molar-refractivity contribution in [3.8, 4) is 0 Å². The number of hydrogen-bond donors (Lipinski definition) is 2. The van der Waals surface area contributed by atoms with Crippen molar-refractivity contribution in [2.24, 2.45) is 7.05 Å². The van der Waals surface area contributed by atoms with E-state index in [9.17, 15) is 9.59 Å². The number of nitrogen functional groups attached to an aromatic ring is 1. The zero-order valence-electron chi connectivity index (χ0n) is 9.25. The predicted molar refractivity (Wildman–Crippen MR) is 60.8 cm³/mol. The van der Waals surface area contributed by atoms with Crippen LogP contribution < -0.4 is 11.3 Å². The molecule has 0 amide bonds. The van der Waals surface area contributed by atoms with Gasteiger partial charge in [0.05, 0.1) is 6.20 Å². The van der Waals surface area contributed by atoms with Crippen molar-refractivity contribution >= 4 is 17.6 Å². The molecule has 2 heterocycles. The quantitative estimate of drug-likeness (QED) is 0.757. The van der Waals surface area contributed by atoms with Crippen LogP contribution in [0.2, 0.25) is 0 Å². The molecular weight excluding hydrogens is 224 g/mol. The highest BCUT2D eigenvalue weighted by Crippen LogP contribution is 2.07. The van der Waals surface area contributed by atoms with Gasteiger partial charge in [-0.15, -0.1) is 0 Å². The van der Waals surface area contributed by atoms with Crippen LogP contribution in [0.3, 0.4) is 0 Å². The Labute approximate surface area is 96.1 Å². The molecule has 0 aliphatic heterocycles. The standard InChI is InChI=1S/C10H12N4O3/c1-13-7(11)5-14-9(17)6(2-3-8(15)16)4-12-10(13)14/h4-5H,2-3,11H2,1H3,(H,15,16). The van der Waals surface area contributed by atoms with Gasteiger partial charge in [0.2, 0.25) is 5.78 Å². The first-order valence-corrected chi connectivity index (χ1v) is 5.04. The first-order chi connectivity index (χ1) is 8.00. The van der Waals surface area contributed by atoms with Gasteiger partial charge in [-0.2, -0.15) is 0 Å². The Hall–Kier alpha value is -2.31. The summed E-state index contributed by atoms with van der Waals surface area (Å²) in [4.78, 5) is 26.5.